The van der Waals surface area contributed by atoms with E-state index in [4.69, 9.17) is 19.8 Å². The van der Waals surface area contributed by atoms with Crippen molar-refractivity contribution in [3.63, 3.8) is 0 Å². The van der Waals surface area contributed by atoms with Crippen LogP contribution in [0.3, 0.4) is 0 Å². The first-order chi connectivity index (χ1) is 13.6. The zero-order valence-corrected chi connectivity index (χ0v) is 15.7. The average Bonchev–Trinajstić information content (AvgIpc) is 2.72. The van der Waals surface area contributed by atoms with E-state index in [2.05, 4.69) is 5.32 Å². The van der Waals surface area contributed by atoms with Gasteiger partial charge in [0.1, 0.15) is 12.4 Å². The van der Waals surface area contributed by atoms with Crippen LogP contribution in [0.4, 0.5) is 5.69 Å². The molecule has 0 aliphatic rings. The lowest BCUT2D eigenvalue weighted by molar-refractivity contribution is -0.144. The number of hydrogen-bond acceptors (Lipinski definition) is 7. The summed E-state index contributed by atoms with van der Waals surface area (Å²) in [6, 6.07) is 13.2. The number of nitrogens with one attached hydrogen (secondary N) is 1. The summed E-state index contributed by atoms with van der Waals surface area (Å²) in [6.45, 7) is 1.84. The van der Waals surface area contributed by atoms with E-state index in [-0.39, 0.29) is 26.4 Å². The molecule has 1 atom stereocenters. The van der Waals surface area contributed by atoms with Gasteiger partial charge in [-0.05, 0) is 55.3 Å². The molecule has 1 unspecified atom stereocenters. The van der Waals surface area contributed by atoms with Gasteiger partial charge < -0.3 is 25.0 Å². The average molecular weight is 384 g/mol. The number of carbonyl (C=O) groups excluding carboxylic acids is 1. The zero-order chi connectivity index (χ0) is 20.4. The van der Waals surface area contributed by atoms with Gasteiger partial charge in [-0.1, -0.05) is 6.07 Å². The quantitative estimate of drug-likeness (QED) is 0.538. The Morgan fingerprint density at radius 2 is 1.93 bits per heavy atom. The number of carbonyl (C=O) groups is 1. The summed E-state index contributed by atoms with van der Waals surface area (Å²) >= 11 is 0. The lowest BCUT2D eigenvalue weighted by Crippen LogP contribution is -2.24. The van der Waals surface area contributed by atoms with E-state index in [1.807, 2.05) is 6.07 Å². The van der Waals surface area contributed by atoms with Crippen molar-refractivity contribution in [2.45, 2.75) is 19.4 Å². The molecule has 0 saturated carbocycles. The van der Waals surface area contributed by atoms with Crippen molar-refractivity contribution in [3.05, 3.63) is 59.2 Å². The van der Waals surface area contributed by atoms with Crippen LogP contribution >= 0.6 is 0 Å². The third kappa shape index (κ3) is 5.71. The second kappa shape index (κ2) is 10.9. The van der Waals surface area contributed by atoms with Crippen molar-refractivity contribution in [2.24, 2.45) is 0 Å². The molecule has 28 heavy (non-hydrogen) atoms. The lowest BCUT2D eigenvalue weighted by atomic mass is 10.0. The van der Waals surface area contributed by atoms with Crippen molar-refractivity contribution < 1.29 is 24.5 Å². The van der Waals surface area contributed by atoms with Crippen LogP contribution in [-0.2, 0) is 16.0 Å². The summed E-state index contributed by atoms with van der Waals surface area (Å²) in [5.74, 6) is -0.0446. The fourth-order valence-electron chi connectivity index (χ4n) is 2.69. The van der Waals surface area contributed by atoms with Gasteiger partial charge in [0.2, 0.25) is 0 Å². The normalized spacial score (nSPS) is 11.4. The van der Waals surface area contributed by atoms with Gasteiger partial charge in [0.25, 0.3) is 0 Å². The van der Waals surface area contributed by atoms with Crippen LogP contribution in [0.1, 0.15) is 29.7 Å². The molecule has 2 aromatic rings. The molecule has 0 spiro atoms. The first-order valence-corrected chi connectivity index (χ1v) is 9.03. The number of anilines is 1. The summed E-state index contributed by atoms with van der Waals surface area (Å²) in [6.07, 6.45) is 0.430. The third-order valence-corrected chi connectivity index (χ3v) is 3.98. The predicted molar refractivity (Wildman–Crippen MR) is 104 cm³/mol. The molecular weight excluding hydrogens is 360 g/mol. The highest BCUT2D eigenvalue weighted by atomic mass is 16.5. The maximum atomic E-state index is 12.7. The highest BCUT2D eigenvalue weighted by molar-refractivity contribution is 5.82. The van der Waals surface area contributed by atoms with E-state index in [9.17, 15) is 9.90 Å². The summed E-state index contributed by atoms with van der Waals surface area (Å²) in [4.78, 5) is 12.7. The van der Waals surface area contributed by atoms with Crippen molar-refractivity contribution in [3.8, 4) is 11.8 Å². The molecule has 0 bridgehead atoms. The van der Waals surface area contributed by atoms with Crippen LogP contribution in [0, 0.1) is 11.3 Å². The number of aliphatic hydroxyl groups is 2. The van der Waals surface area contributed by atoms with Crippen molar-refractivity contribution in [1.82, 2.24) is 0 Å². The van der Waals surface area contributed by atoms with Gasteiger partial charge in [0.15, 0.2) is 6.04 Å². The van der Waals surface area contributed by atoms with E-state index in [0.717, 1.165) is 5.56 Å². The van der Waals surface area contributed by atoms with Crippen molar-refractivity contribution >= 4 is 11.7 Å². The predicted octanol–water partition coefficient (Wildman–Crippen LogP) is 2.18. The van der Waals surface area contributed by atoms with Gasteiger partial charge in [-0.15, -0.1) is 0 Å². The van der Waals surface area contributed by atoms with Gasteiger partial charge in [0.05, 0.1) is 24.8 Å². The van der Waals surface area contributed by atoms with E-state index in [0.29, 0.717) is 29.0 Å². The van der Waals surface area contributed by atoms with Gasteiger partial charge in [-0.25, -0.2) is 4.79 Å². The van der Waals surface area contributed by atoms with Crippen LogP contribution in [-0.4, -0.2) is 42.6 Å². The number of hydrogen-bond donors (Lipinski definition) is 3. The second-order valence-corrected chi connectivity index (χ2v) is 5.94. The summed E-state index contributed by atoms with van der Waals surface area (Å²) in [5.41, 5.74) is 2.53. The number of benzene rings is 2. The fraction of sp³-hybridized carbons (Fsp3) is 0.333. The molecule has 0 heterocycles. The molecule has 0 radical (unpaired) electrons. The Bertz CT molecular complexity index is 815. The van der Waals surface area contributed by atoms with Gasteiger partial charge >= 0.3 is 5.97 Å². The summed E-state index contributed by atoms with van der Waals surface area (Å²) in [7, 11) is 0. The minimum atomic E-state index is -0.861. The molecule has 7 heteroatoms. The van der Waals surface area contributed by atoms with Crippen LogP contribution in [0.15, 0.2) is 42.5 Å². The number of esters is 1. The Hall–Kier alpha value is -3.08. The monoisotopic (exact) mass is 384 g/mol. The SMILES string of the molecule is CCOC(=O)C(Nc1ccc(C#N)cc1)c1cc(CCO)ccc1OCCO. The molecule has 3 N–H and O–H groups in total. The zero-order valence-electron chi connectivity index (χ0n) is 15.7. The molecule has 0 fully saturated rings. The smallest absolute Gasteiger partial charge is 0.333 e. The second-order valence-electron chi connectivity index (χ2n) is 5.94. The Balaban J connectivity index is 2.43. The van der Waals surface area contributed by atoms with Gasteiger partial charge in [-0.2, -0.15) is 5.26 Å². The van der Waals surface area contributed by atoms with Crippen molar-refractivity contribution in [1.29, 1.82) is 5.26 Å². The molecule has 2 rings (SSSR count). The first kappa shape index (κ1) is 21.2. The molecular formula is C21H24N2O5. The lowest BCUT2D eigenvalue weighted by Gasteiger charge is -2.22. The van der Waals surface area contributed by atoms with Crippen LogP contribution < -0.4 is 10.1 Å². The standard InChI is InChI=1S/C21H24N2O5/c1-2-27-21(26)20(23-17-6-3-16(14-22)4-7-17)18-13-15(9-10-24)5-8-19(18)28-12-11-25/h3-8,13,20,23-25H,2,9-12H2,1H3. The van der Waals surface area contributed by atoms with Crippen LogP contribution in [0.5, 0.6) is 5.75 Å². The Morgan fingerprint density at radius 1 is 1.18 bits per heavy atom. The Morgan fingerprint density at radius 3 is 2.54 bits per heavy atom. The molecule has 0 amide bonds. The van der Waals surface area contributed by atoms with Crippen LogP contribution in [0.2, 0.25) is 0 Å². The maximum Gasteiger partial charge on any atom is 0.333 e. The molecule has 2 aromatic carbocycles. The molecule has 148 valence electrons. The highest BCUT2D eigenvalue weighted by Crippen LogP contribution is 2.31. The molecule has 0 saturated heterocycles. The molecule has 0 aliphatic heterocycles. The number of nitriles is 1. The number of nitrogens with zero attached hydrogens (tertiary/aromatic N) is 1. The maximum absolute atomic E-state index is 12.7. The van der Waals surface area contributed by atoms with E-state index in [1.54, 1.807) is 49.4 Å². The fourth-order valence-corrected chi connectivity index (χ4v) is 2.69. The Labute approximate surface area is 164 Å². The number of rotatable bonds is 10. The number of aliphatic hydroxyl groups excluding tert-OH is 2. The van der Waals surface area contributed by atoms with E-state index < -0.39 is 12.0 Å². The summed E-state index contributed by atoms with van der Waals surface area (Å²) in [5, 5.41) is 30.4. The topological polar surface area (TPSA) is 112 Å². The summed E-state index contributed by atoms with van der Waals surface area (Å²) < 4.78 is 10.8. The van der Waals surface area contributed by atoms with Crippen LogP contribution in [0.25, 0.3) is 0 Å². The molecule has 0 aliphatic carbocycles. The molecule has 0 aromatic heterocycles. The van der Waals surface area contributed by atoms with Crippen molar-refractivity contribution in [2.75, 3.05) is 31.7 Å². The van der Waals surface area contributed by atoms with Gasteiger partial charge in [0, 0.05) is 17.9 Å². The van der Waals surface area contributed by atoms with E-state index in [1.165, 1.54) is 0 Å². The van der Waals surface area contributed by atoms with Gasteiger partial charge in [-0.3, -0.25) is 0 Å². The first-order valence-electron chi connectivity index (χ1n) is 9.03. The van der Waals surface area contributed by atoms with E-state index >= 15 is 0 Å². The molecule has 7 nitrogen and oxygen atoms in total. The highest BCUT2D eigenvalue weighted by Gasteiger charge is 2.26. The Kier molecular flexibility index (Phi) is 8.28. The largest absolute Gasteiger partial charge is 0.491 e. The minimum absolute atomic E-state index is 0.0244. The third-order valence-electron chi connectivity index (χ3n) is 3.98. The minimum Gasteiger partial charge on any atom is -0.491 e. The number of ether oxygens (including phenoxy) is 2.